The lowest BCUT2D eigenvalue weighted by Crippen LogP contribution is -2.08. The van der Waals surface area contributed by atoms with Gasteiger partial charge in [0, 0.05) is 17.8 Å². The van der Waals surface area contributed by atoms with Crippen molar-refractivity contribution in [3.8, 4) is 5.75 Å². The van der Waals surface area contributed by atoms with Gasteiger partial charge in [0.2, 0.25) is 0 Å². The van der Waals surface area contributed by atoms with Gasteiger partial charge in [-0.15, -0.1) is 0 Å². The largest absolute Gasteiger partial charge is 0.496 e. The molecule has 1 atom stereocenters. The van der Waals surface area contributed by atoms with Gasteiger partial charge in [-0.2, -0.15) is 5.10 Å². The van der Waals surface area contributed by atoms with E-state index in [0.717, 1.165) is 23.4 Å². The number of nitrogens with zero attached hydrogens (tertiary/aromatic N) is 2. The first-order chi connectivity index (χ1) is 10.0. The molecule has 0 bridgehead atoms. The summed E-state index contributed by atoms with van der Waals surface area (Å²) in [5.41, 5.74) is 2.48. The van der Waals surface area contributed by atoms with E-state index in [2.05, 4.69) is 18.9 Å². The van der Waals surface area contributed by atoms with Crippen LogP contribution in [0.4, 0.5) is 0 Å². The molecule has 0 N–H and O–H groups in total. The van der Waals surface area contributed by atoms with E-state index >= 15 is 0 Å². The Morgan fingerprint density at radius 2 is 2.14 bits per heavy atom. The van der Waals surface area contributed by atoms with Gasteiger partial charge in [0.25, 0.3) is 0 Å². The Morgan fingerprint density at radius 3 is 2.76 bits per heavy atom. The van der Waals surface area contributed by atoms with Crippen molar-refractivity contribution < 1.29 is 9.53 Å². The van der Waals surface area contributed by atoms with Gasteiger partial charge in [-0.3, -0.25) is 9.48 Å². The topological polar surface area (TPSA) is 44.1 Å². The fourth-order valence-corrected chi connectivity index (χ4v) is 2.22. The maximum absolute atomic E-state index is 12.3. The molecule has 1 heterocycles. The molecule has 21 heavy (non-hydrogen) atoms. The highest BCUT2D eigenvalue weighted by atomic mass is 16.5. The molecule has 0 saturated heterocycles. The summed E-state index contributed by atoms with van der Waals surface area (Å²) in [6.07, 6.45) is 3.29. The standard InChI is InChI=1S/C17H22N2O2/c1-5-13(3)19-9-8-15(18-19)11-16(20)14-6-7-17(21-4)12(2)10-14/h6-10,13H,5,11H2,1-4H3. The van der Waals surface area contributed by atoms with Gasteiger partial charge in [-0.1, -0.05) is 6.92 Å². The number of benzene rings is 1. The predicted octanol–water partition coefficient (Wildman–Crippen LogP) is 3.60. The summed E-state index contributed by atoms with van der Waals surface area (Å²) in [4.78, 5) is 12.3. The number of hydrogen-bond acceptors (Lipinski definition) is 3. The summed E-state index contributed by atoms with van der Waals surface area (Å²) in [7, 11) is 1.63. The van der Waals surface area contributed by atoms with Crippen molar-refractivity contribution >= 4 is 5.78 Å². The summed E-state index contributed by atoms with van der Waals surface area (Å²) in [6.45, 7) is 6.18. The van der Waals surface area contributed by atoms with Crippen LogP contribution in [0.25, 0.3) is 0 Å². The van der Waals surface area contributed by atoms with Crippen molar-refractivity contribution in [1.82, 2.24) is 9.78 Å². The first kappa shape index (κ1) is 15.3. The third kappa shape index (κ3) is 3.51. The van der Waals surface area contributed by atoms with Crippen molar-refractivity contribution in [2.75, 3.05) is 7.11 Å². The number of ether oxygens (including phenoxy) is 1. The number of carbonyl (C=O) groups is 1. The SMILES string of the molecule is CCC(C)n1ccc(CC(=O)c2ccc(OC)c(C)c2)n1. The highest BCUT2D eigenvalue weighted by molar-refractivity contribution is 5.97. The van der Waals surface area contributed by atoms with Crippen LogP contribution in [0.1, 0.15) is 47.9 Å². The van der Waals surface area contributed by atoms with E-state index in [1.165, 1.54) is 0 Å². The van der Waals surface area contributed by atoms with Crippen LogP contribution in [0.2, 0.25) is 0 Å². The zero-order chi connectivity index (χ0) is 15.4. The third-order valence-electron chi connectivity index (χ3n) is 3.76. The summed E-state index contributed by atoms with van der Waals surface area (Å²) >= 11 is 0. The average molecular weight is 286 g/mol. The van der Waals surface area contributed by atoms with Crippen molar-refractivity contribution in [2.24, 2.45) is 0 Å². The maximum Gasteiger partial charge on any atom is 0.168 e. The Hall–Kier alpha value is -2.10. The molecule has 0 amide bonds. The van der Waals surface area contributed by atoms with Crippen molar-refractivity contribution in [2.45, 2.75) is 39.7 Å². The number of carbonyl (C=O) groups excluding carboxylic acids is 1. The lowest BCUT2D eigenvalue weighted by Gasteiger charge is -2.08. The Bertz CT molecular complexity index is 631. The molecule has 1 aromatic heterocycles. The van der Waals surface area contributed by atoms with E-state index in [9.17, 15) is 4.79 Å². The van der Waals surface area contributed by atoms with Crippen LogP contribution in [0.5, 0.6) is 5.75 Å². The second-order valence-electron chi connectivity index (χ2n) is 5.33. The molecule has 4 nitrogen and oxygen atoms in total. The summed E-state index contributed by atoms with van der Waals surface area (Å²) in [5.74, 6) is 0.878. The molecule has 0 radical (unpaired) electrons. The third-order valence-corrected chi connectivity index (χ3v) is 3.76. The number of aromatic nitrogens is 2. The lowest BCUT2D eigenvalue weighted by molar-refractivity contribution is 0.0991. The van der Waals surface area contributed by atoms with Crippen LogP contribution in [0.15, 0.2) is 30.5 Å². The van der Waals surface area contributed by atoms with Crippen LogP contribution in [0, 0.1) is 6.92 Å². The predicted molar refractivity (Wildman–Crippen MR) is 83.0 cm³/mol. The number of rotatable bonds is 6. The first-order valence-electron chi connectivity index (χ1n) is 7.27. The second kappa shape index (κ2) is 6.57. The number of ketones is 1. The van der Waals surface area contributed by atoms with Crippen LogP contribution in [-0.4, -0.2) is 22.7 Å². The molecule has 2 rings (SSSR count). The van der Waals surface area contributed by atoms with Gasteiger partial charge in [0.1, 0.15) is 5.75 Å². The van der Waals surface area contributed by atoms with Gasteiger partial charge < -0.3 is 4.74 Å². The number of Topliss-reactive ketones (excluding diaryl/α,β-unsaturated/α-hetero) is 1. The van der Waals surface area contributed by atoms with Crippen molar-refractivity contribution in [3.63, 3.8) is 0 Å². The number of methoxy groups -OCH3 is 1. The van der Waals surface area contributed by atoms with E-state index < -0.39 is 0 Å². The van der Waals surface area contributed by atoms with Crippen LogP contribution < -0.4 is 4.74 Å². The molecular weight excluding hydrogens is 264 g/mol. The van der Waals surface area contributed by atoms with E-state index in [4.69, 9.17) is 4.74 Å². The average Bonchev–Trinajstić information content (AvgIpc) is 2.94. The minimum atomic E-state index is 0.0788. The van der Waals surface area contributed by atoms with E-state index in [-0.39, 0.29) is 5.78 Å². The monoisotopic (exact) mass is 286 g/mol. The molecule has 0 aliphatic rings. The molecular formula is C17H22N2O2. The van der Waals surface area contributed by atoms with Crippen molar-refractivity contribution in [1.29, 1.82) is 0 Å². The molecule has 0 aliphatic heterocycles. The highest BCUT2D eigenvalue weighted by Gasteiger charge is 2.12. The fraction of sp³-hybridized carbons (Fsp3) is 0.412. The van der Waals surface area contributed by atoms with Gasteiger partial charge in [0.15, 0.2) is 5.78 Å². The molecule has 2 aromatic rings. The van der Waals surface area contributed by atoms with E-state index in [1.54, 1.807) is 13.2 Å². The smallest absolute Gasteiger partial charge is 0.168 e. The van der Waals surface area contributed by atoms with Gasteiger partial charge in [0.05, 0.1) is 19.2 Å². The zero-order valence-corrected chi connectivity index (χ0v) is 13.1. The Morgan fingerprint density at radius 1 is 1.38 bits per heavy atom. The molecule has 4 heteroatoms. The Kier molecular flexibility index (Phi) is 4.78. The number of hydrogen-bond donors (Lipinski definition) is 0. The summed E-state index contributed by atoms with van der Waals surface area (Å²) in [6, 6.07) is 7.78. The van der Waals surface area contributed by atoms with Gasteiger partial charge in [-0.25, -0.2) is 0 Å². The molecule has 112 valence electrons. The summed E-state index contributed by atoms with van der Waals surface area (Å²) < 4.78 is 7.13. The minimum Gasteiger partial charge on any atom is -0.496 e. The molecule has 0 aliphatic carbocycles. The van der Waals surface area contributed by atoms with Crippen LogP contribution in [0.3, 0.4) is 0 Å². The molecule has 0 spiro atoms. The van der Waals surface area contributed by atoms with Crippen LogP contribution >= 0.6 is 0 Å². The molecule has 1 aromatic carbocycles. The van der Waals surface area contributed by atoms with Gasteiger partial charge >= 0.3 is 0 Å². The molecule has 0 fully saturated rings. The summed E-state index contributed by atoms with van der Waals surface area (Å²) in [5, 5.41) is 4.47. The van der Waals surface area contributed by atoms with E-state index in [1.807, 2.05) is 36.0 Å². The normalized spacial score (nSPS) is 12.2. The lowest BCUT2D eigenvalue weighted by atomic mass is 10.0. The zero-order valence-electron chi connectivity index (χ0n) is 13.1. The van der Waals surface area contributed by atoms with Crippen LogP contribution in [-0.2, 0) is 6.42 Å². The maximum atomic E-state index is 12.3. The molecule has 1 unspecified atom stereocenters. The fourth-order valence-electron chi connectivity index (χ4n) is 2.22. The van der Waals surface area contributed by atoms with Gasteiger partial charge in [-0.05, 0) is 50.1 Å². The molecule has 0 saturated carbocycles. The Labute approximate surface area is 125 Å². The quantitative estimate of drug-likeness (QED) is 0.762. The Balaban J connectivity index is 2.11. The van der Waals surface area contributed by atoms with E-state index in [0.29, 0.717) is 18.0 Å². The highest BCUT2D eigenvalue weighted by Crippen LogP contribution is 2.19. The number of aryl methyl sites for hydroxylation is 1. The first-order valence-corrected chi connectivity index (χ1v) is 7.27. The minimum absolute atomic E-state index is 0.0788. The second-order valence-corrected chi connectivity index (χ2v) is 5.33. The van der Waals surface area contributed by atoms with Crippen molar-refractivity contribution in [3.05, 3.63) is 47.3 Å².